The summed E-state index contributed by atoms with van der Waals surface area (Å²) in [6.07, 6.45) is 2.06. The second kappa shape index (κ2) is 11.5. The monoisotopic (exact) mass is 447 g/mol. The fourth-order valence-electron chi connectivity index (χ4n) is 3.29. The standard InChI is InChI=1S/C22H30ClN5OS/c1-3-5-10-24-21(29)18-8-6-17(7-9-18)16-30-22-25-19(23)15-20(26-22)28-13-11-27(4-2)12-14-28/h6-9,15H,3-5,10-14,16H2,1-2H3,(H,24,29). The molecule has 0 spiro atoms. The number of amides is 1. The summed E-state index contributed by atoms with van der Waals surface area (Å²) < 4.78 is 0. The van der Waals surface area contributed by atoms with E-state index in [1.54, 1.807) is 11.8 Å². The minimum Gasteiger partial charge on any atom is -0.354 e. The van der Waals surface area contributed by atoms with Gasteiger partial charge >= 0.3 is 0 Å². The van der Waals surface area contributed by atoms with Gasteiger partial charge in [-0.1, -0.05) is 55.8 Å². The van der Waals surface area contributed by atoms with Crippen molar-refractivity contribution >= 4 is 35.1 Å². The predicted molar refractivity (Wildman–Crippen MR) is 125 cm³/mol. The van der Waals surface area contributed by atoms with Crippen LogP contribution in [0.4, 0.5) is 5.82 Å². The minimum absolute atomic E-state index is 0.0198. The molecule has 0 bridgehead atoms. The number of anilines is 1. The molecule has 30 heavy (non-hydrogen) atoms. The van der Waals surface area contributed by atoms with Crippen LogP contribution in [0.1, 0.15) is 42.6 Å². The normalized spacial score (nSPS) is 14.7. The van der Waals surface area contributed by atoms with Crippen molar-refractivity contribution in [3.05, 3.63) is 46.6 Å². The number of unbranched alkanes of at least 4 members (excludes halogenated alkanes) is 1. The molecule has 0 atom stereocenters. The van der Waals surface area contributed by atoms with Crippen LogP contribution in [0, 0.1) is 0 Å². The van der Waals surface area contributed by atoms with Crippen molar-refractivity contribution in [1.29, 1.82) is 0 Å². The number of nitrogens with zero attached hydrogens (tertiary/aromatic N) is 4. The van der Waals surface area contributed by atoms with E-state index in [1.807, 2.05) is 30.3 Å². The summed E-state index contributed by atoms with van der Waals surface area (Å²) >= 11 is 7.83. The maximum absolute atomic E-state index is 12.1. The third-order valence-electron chi connectivity index (χ3n) is 5.20. The van der Waals surface area contributed by atoms with E-state index in [4.69, 9.17) is 16.6 Å². The van der Waals surface area contributed by atoms with Crippen LogP contribution in [-0.4, -0.2) is 60.0 Å². The van der Waals surface area contributed by atoms with Crippen LogP contribution >= 0.6 is 23.4 Å². The zero-order chi connectivity index (χ0) is 21.3. The molecule has 8 heteroatoms. The Balaban J connectivity index is 1.56. The Hall–Kier alpha value is -1.83. The first-order chi connectivity index (χ1) is 14.6. The highest BCUT2D eigenvalue weighted by Crippen LogP contribution is 2.25. The SMILES string of the molecule is CCCCNC(=O)c1ccc(CSc2nc(Cl)cc(N3CCN(CC)CC3)n2)cc1. The van der Waals surface area contributed by atoms with Crippen LogP contribution in [0.2, 0.25) is 5.15 Å². The Labute approximate surface area is 188 Å². The van der Waals surface area contributed by atoms with Gasteiger partial charge in [-0.05, 0) is 30.7 Å². The van der Waals surface area contributed by atoms with E-state index in [1.165, 1.54) is 0 Å². The molecule has 1 aromatic carbocycles. The first-order valence-corrected chi connectivity index (χ1v) is 12.0. The molecule has 0 saturated carbocycles. The Bertz CT molecular complexity index is 825. The van der Waals surface area contributed by atoms with Crippen molar-refractivity contribution in [3.63, 3.8) is 0 Å². The molecule has 2 aromatic rings. The van der Waals surface area contributed by atoms with Gasteiger partial charge in [0.1, 0.15) is 11.0 Å². The number of piperazine rings is 1. The van der Waals surface area contributed by atoms with Crippen LogP contribution in [0.25, 0.3) is 0 Å². The molecule has 162 valence electrons. The fraction of sp³-hybridized carbons (Fsp3) is 0.500. The van der Waals surface area contributed by atoms with Crippen LogP contribution in [0.3, 0.4) is 0 Å². The zero-order valence-electron chi connectivity index (χ0n) is 17.7. The maximum atomic E-state index is 12.1. The zero-order valence-corrected chi connectivity index (χ0v) is 19.3. The second-order valence-corrected chi connectivity index (χ2v) is 8.68. The second-order valence-electron chi connectivity index (χ2n) is 7.35. The van der Waals surface area contributed by atoms with E-state index in [0.29, 0.717) is 15.9 Å². The van der Waals surface area contributed by atoms with Crippen LogP contribution in [0.15, 0.2) is 35.5 Å². The smallest absolute Gasteiger partial charge is 0.251 e. The number of carbonyl (C=O) groups is 1. The molecule has 0 aliphatic carbocycles. The highest BCUT2D eigenvalue weighted by atomic mass is 35.5. The van der Waals surface area contributed by atoms with E-state index in [2.05, 4.69) is 33.9 Å². The highest BCUT2D eigenvalue weighted by Gasteiger charge is 2.18. The summed E-state index contributed by atoms with van der Waals surface area (Å²) in [6.45, 7) is 10.1. The molecule has 1 N–H and O–H groups in total. The fourth-order valence-corrected chi connectivity index (χ4v) is 4.32. The van der Waals surface area contributed by atoms with E-state index < -0.39 is 0 Å². The molecule has 1 fully saturated rings. The third-order valence-corrected chi connectivity index (χ3v) is 6.32. The lowest BCUT2D eigenvalue weighted by molar-refractivity contribution is 0.0953. The van der Waals surface area contributed by atoms with Gasteiger partial charge in [-0.25, -0.2) is 9.97 Å². The van der Waals surface area contributed by atoms with Crippen molar-refractivity contribution in [2.45, 2.75) is 37.6 Å². The van der Waals surface area contributed by atoms with Gasteiger partial charge in [0.2, 0.25) is 0 Å². The number of likely N-dealkylation sites (N-methyl/N-ethyl adjacent to an activating group) is 1. The number of halogens is 1. The third kappa shape index (κ3) is 6.59. The topological polar surface area (TPSA) is 61.4 Å². The summed E-state index contributed by atoms with van der Waals surface area (Å²) in [7, 11) is 0. The average Bonchev–Trinajstić information content (AvgIpc) is 2.78. The molecule has 1 saturated heterocycles. The Morgan fingerprint density at radius 1 is 1.13 bits per heavy atom. The number of hydrogen-bond acceptors (Lipinski definition) is 6. The van der Waals surface area contributed by atoms with Crippen LogP contribution in [-0.2, 0) is 5.75 Å². The molecule has 1 aliphatic rings. The summed E-state index contributed by atoms with van der Waals surface area (Å²) in [5.41, 5.74) is 1.80. The van der Waals surface area contributed by atoms with Gasteiger partial charge in [-0.3, -0.25) is 4.79 Å². The largest absolute Gasteiger partial charge is 0.354 e. The molecule has 1 amide bonds. The predicted octanol–water partition coefficient (Wildman–Crippen LogP) is 4.09. The number of aromatic nitrogens is 2. The molecule has 2 heterocycles. The van der Waals surface area contributed by atoms with Crippen LogP contribution < -0.4 is 10.2 Å². The van der Waals surface area contributed by atoms with Crippen molar-refractivity contribution in [3.8, 4) is 0 Å². The van der Waals surface area contributed by atoms with Crippen molar-refractivity contribution in [2.75, 3.05) is 44.2 Å². The first kappa shape index (κ1) is 22.8. The van der Waals surface area contributed by atoms with E-state index in [-0.39, 0.29) is 5.91 Å². The average molecular weight is 448 g/mol. The van der Waals surface area contributed by atoms with E-state index in [9.17, 15) is 4.79 Å². The lowest BCUT2D eigenvalue weighted by Gasteiger charge is -2.34. The van der Waals surface area contributed by atoms with Gasteiger partial charge in [0.15, 0.2) is 5.16 Å². The lowest BCUT2D eigenvalue weighted by atomic mass is 10.1. The van der Waals surface area contributed by atoms with Crippen LogP contribution in [0.5, 0.6) is 0 Å². The lowest BCUT2D eigenvalue weighted by Crippen LogP contribution is -2.46. The molecular formula is C22H30ClN5OS. The number of nitrogens with one attached hydrogen (secondary N) is 1. The molecule has 6 nitrogen and oxygen atoms in total. The molecule has 0 unspecified atom stereocenters. The Kier molecular flexibility index (Phi) is 8.78. The molecule has 3 rings (SSSR count). The van der Waals surface area contributed by atoms with E-state index >= 15 is 0 Å². The number of carbonyl (C=O) groups excluding carboxylic acids is 1. The van der Waals surface area contributed by atoms with Gasteiger partial charge in [0.05, 0.1) is 0 Å². The number of rotatable bonds is 9. The van der Waals surface area contributed by atoms with Crippen molar-refractivity contribution < 1.29 is 4.79 Å². The van der Waals surface area contributed by atoms with E-state index in [0.717, 1.165) is 69.2 Å². The molecule has 1 aromatic heterocycles. The summed E-state index contributed by atoms with van der Waals surface area (Å²) in [5, 5.41) is 4.09. The Morgan fingerprint density at radius 3 is 2.53 bits per heavy atom. The van der Waals surface area contributed by atoms with Crippen molar-refractivity contribution in [1.82, 2.24) is 20.2 Å². The molecule has 0 radical (unpaired) electrons. The van der Waals surface area contributed by atoms with Gasteiger partial charge in [0.25, 0.3) is 5.91 Å². The molecular weight excluding hydrogens is 418 g/mol. The number of thioether (sulfide) groups is 1. The quantitative estimate of drug-likeness (QED) is 0.270. The minimum atomic E-state index is -0.0198. The highest BCUT2D eigenvalue weighted by molar-refractivity contribution is 7.98. The number of hydrogen-bond donors (Lipinski definition) is 1. The van der Waals surface area contributed by atoms with Gasteiger partial charge in [-0.15, -0.1) is 0 Å². The van der Waals surface area contributed by atoms with Gasteiger partial charge < -0.3 is 15.1 Å². The first-order valence-electron chi connectivity index (χ1n) is 10.6. The van der Waals surface area contributed by atoms with Gasteiger partial charge in [0, 0.05) is 50.1 Å². The Morgan fingerprint density at radius 2 is 1.87 bits per heavy atom. The summed E-state index contributed by atoms with van der Waals surface area (Å²) in [5.74, 6) is 1.60. The number of benzene rings is 1. The summed E-state index contributed by atoms with van der Waals surface area (Å²) in [6, 6.07) is 9.55. The molecule has 1 aliphatic heterocycles. The van der Waals surface area contributed by atoms with Crippen molar-refractivity contribution in [2.24, 2.45) is 0 Å². The van der Waals surface area contributed by atoms with Gasteiger partial charge in [-0.2, -0.15) is 0 Å². The maximum Gasteiger partial charge on any atom is 0.251 e. The summed E-state index contributed by atoms with van der Waals surface area (Å²) in [4.78, 5) is 25.9.